The van der Waals surface area contributed by atoms with Crippen molar-refractivity contribution in [3.8, 4) is 0 Å². The predicted molar refractivity (Wildman–Crippen MR) is 76.5 cm³/mol. The van der Waals surface area contributed by atoms with Crippen LogP contribution in [-0.4, -0.2) is 61.8 Å². The van der Waals surface area contributed by atoms with Crippen LogP contribution < -0.4 is 0 Å². The van der Waals surface area contributed by atoms with Gasteiger partial charge in [0.2, 0.25) is 10.0 Å². The predicted octanol–water partition coefficient (Wildman–Crippen LogP) is 0.484. The average molecular weight is 314 g/mol. The number of carbonyl (C=O) groups excluding carboxylic acids is 1. The van der Waals surface area contributed by atoms with Crippen LogP contribution in [0, 0.1) is 0 Å². The molecule has 1 aromatic rings. The van der Waals surface area contributed by atoms with Gasteiger partial charge in [0, 0.05) is 26.2 Å². The van der Waals surface area contributed by atoms with Gasteiger partial charge in [0.1, 0.15) is 6.54 Å². The Bertz CT molecular complexity index is 622. The lowest BCUT2D eigenvalue weighted by Crippen LogP contribution is -2.35. The normalized spacial score (nSPS) is 11.4. The van der Waals surface area contributed by atoms with E-state index in [1.54, 1.807) is 6.92 Å². The molecular weight excluding hydrogens is 296 g/mol. The van der Waals surface area contributed by atoms with Crippen LogP contribution in [-0.2, 0) is 14.8 Å². The van der Waals surface area contributed by atoms with E-state index < -0.39 is 28.4 Å². The number of hydrogen-bond acceptors (Lipinski definition) is 4. The summed E-state index contributed by atoms with van der Waals surface area (Å²) in [7, 11) is -0.716. The first-order valence-electron chi connectivity index (χ1n) is 6.23. The van der Waals surface area contributed by atoms with Crippen LogP contribution >= 0.6 is 0 Å². The Balaban J connectivity index is 3.02. The minimum Gasteiger partial charge on any atom is -0.480 e. The Kier molecular flexibility index (Phi) is 5.45. The maximum Gasteiger partial charge on any atom is 0.323 e. The van der Waals surface area contributed by atoms with E-state index >= 15 is 0 Å². The third kappa shape index (κ3) is 4.02. The topological polar surface area (TPSA) is 95.0 Å². The summed E-state index contributed by atoms with van der Waals surface area (Å²) in [5, 5.41) is 8.74. The number of rotatable bonds is 6. The first-order valence-corrected chi connectivity index (χ1v) is 7.67. The number of aliphatic carboxylic acids is 1. The molecule has 0 atom stereocenters. The average Bonchev–Trinajstić information content (AvgIpc) is 2.43. The van der Waals surface area contributed by atoms with E-state index in [1.807, 2.05) is 0 Å². The standard InChI is InChI=1S/C13H18N2O5S/c1-4-15(9-12(16)17)13(18)10-5-7-11(8-6-10)21(19,20)14(2)3/h5-8H,4,9H2,1-3H3,(H,16,17). The number of likely N-dealkylation sites (N-methyl/N-ethyl adjacent to an activating group) is 1. The zero-order valence-electron chi connectivity index (χ0n) is 12.1. The summed E-state index contributed by atoms with van der Waals surface area (Å²) in [5.41, 5.74) is 0.246. The van der Waals surface area contributed by atoms with Gasteiger partial charge >= 0.3 is 5.97 Å². The summed E-state index contributed by atoms with van der Waals surface area (Å²) >= 11 is 0. The van der Waals surface area contributed by atoms with Crippen LogP contribution in [0.25, 0.3) is 0 Å². The van der Waals surface area contributed by atoms with Gasteiger partial charge in [-0.15, -0.1) is 0 Å². The molecule has 21 heavy (non-hydrogen) atoms. The lowest BCUT2D eigenvalue weighted by Gasteiger charge is -2.18. The molecule has 0 aliphatic heterocycles. The zero-order valence-corrected chi connectivity index (χ0v) is 12.9. The number of benzene rings is 1. The molecule has 0 saturated carbocycles. The molecule has 0 aliphatic carbocycles. The Labute approximate surface area is 123 Å². The summed E-state index contributed by atoms with van der Waals surface area (Å²) in [4.78, 5) is 24.0. The highest BCUT2D eigenvalue weighted by Gasteiger charge is 2.20. The number of carbonyl (C=O) groups is 2. The van der Waals surface area contributed by atoms with Gasteiger partial charge in [0.05, 0.1) is 4.90 Å². The third-order valence-electron chi connectivity index (χ3n) is 2.87. The second-order valence-corrected chi connectivity index (χ2v) is 6.68. The van der Waals surface area contributed by atoms with Gasteiger partial charge in [-0.3, -0.25) is 9.59 Å². The van der Waals surface area contributed by atoms with Gasteiger partial charge in [-0.05, 0) is 31.2 Å². The van der Waals surface area contributed by atoms with Crippen LogP contribution in [0.15, 0.2) is 29.2 Å². The SMILES string of the molecule is CCN(CC(=O)O)C(=O)c1ccc(S(=O)(=O)N(C)C)cc1. The van der Waals surface area contributed by atoms with Crippen molar-refractivity contribution in [3.63, 3.8) is 0 Å². The van der Waals surface area contributed by atoms with Crippen molar-refractivity contribution in [2.75, 3.05) is 27.2 Å². The van der Waals surface area contributed by atoms with Crippen molar-refractivity contribution in [1.29, 1.82) is 0 Å². The first-order chi connectivity index (χ1) is 9.70. The van der Waals surface area contributed by atoms with Gasteiger partial charge in [0.15, 0.2) is 0 Å². The second kappa shape index (κ2) is 6.68. The number of nitrogens with zero attached hydrogens (tertiary/aromatic N) is 2. The summed E-state index contributed by atoms with van der Waals surface area (Å²) in [6, 6.07) is 5.42. The van der Waals surface area contributed by atoms with Crippen LogP contribution in [0.3, 0.4) is 0 Å². The lowest BCUT2D eigenvalue weighted by molar-refractivity contribution is -0.137. The number of sulfonamides is 1. The number of hydrogen-bond donors (Lipinski definition) is 1. The summed E-state index contributed by atoms with van der Waals surface area (Å²) in [6.07, 6.45) is 0. The van der Waals surface area contributed by atoms with E-state index in [1.165, 1.54) is 38.4 Å². The third-order valence-corrected chi connectivity index (χ3v) is 4.70. The molecule has 0 bridgehead atoms. The van der Waals surface area contributed by atoms with E-state index in [9.17, 15) is 18.0 Å². The highest BCUT2D eigenvalue weighted by molar-refractivity contribution is 7.89. The smallest absolute Gasteiger partial charge is 0.323 e. The molecule has 1 aromatic carbocycles. The molecular formula is C13H18N2O5S. The molecule has 0 radical (unpaired) electrons. The number of carboxylic acids is 1. The fraction of sp³-hybridized carbons (Fsp3) is 0.385. The van der Waals surface area contributed by atoms with Gasteiger partial charge in [-0.25, -0.2) is 12.7 Å². The van der Waals surface area contributed by atoms with E-state index in [0.717, 1.165) is 9.21 Å². The van der Waals surface area contributed by atoms with Crippen molar-refractivity contribution in [1.82, 2.24) is 9.21 Å². The molecule has 1 N–H and O–H groups in total. The van der Waals surface area contributed by atoms with Gasteiger partial charge in [-0.1, -0.05) is 0 Å². The molecule has 0 saturated heterocycles. The number of carboxylic acid groups (broad SMARTS) is 1. The van der Waals surface area contributed by atoms with E-state index in [-0.39, 0.29) is 17.0 Å². The maximum atomic E-state index is 12.1. The highest BCUT2D eigenvalue weighted by atomic mass is 32.2. The molecule has 0 aliphatic rings. The van der Waals surface area contributed by atoms with E-state index in [0.29, 0.717) is 0 Å². The summed E-state index contributed by atoms with van der Waals surface area (Å²) in [6.45, 7) is 1.53. The summed E-state index contributed by atoms with van der Waals surface area (Å²) in [5.74, 6) is -1.55. The van der Waals surface area contributed by atoms with Crippen LogP contribution in [0.5, 0.6) is 0 Å². The van der Waals surface area contributed by atoms with Crippen LogP contribution in [0.1, 0.15) is 17.3 Å². The fourth-order valence-electron chi connectivity index (χ4n) is 1.65. The second-order valence-electron chi connectivity index (χ2n) is 4.52. The number of amides is 1. The fourth-order valence-corrected chi connectivity index (χ4v) is 2.56. The Morgan fingerprint density at radius 1 is 1.14 bits per heavy atom. The Hall–Kier alpha value is -1.93. The van der Waals surface area contributed by atoms with Gasteiger partial charge in [-0.2, -0.15) is 0 Å². The minimum atomic E-state index is -3.55. The minimum absolute atomic E-state index is 0.0744. The molecule has 1 rings (SSSR count). The van der Waals surface area contributed by atoms with Crippen molar-refractivity contribution in [3.05, 3.63) is 29.8 Å². The molecule has 0 fully saturated rings. The van der Waals surface area contributed by atoms with Gasteiger partial charge in [0.25, 0.3) is 5.91 Å². The lowest BCUT2D eigenvalue weighted by atomic mass is 10.2. The van der Waals surface area contributed by atoms with Crippen LogP contribution in [0.4, 0.5) is 0 Å². The van der Waals surface area contributed by atoms with E-state index in [2.05, 4.69) is 0 Å². The zero-order chi connectivity index (χ0) is 16.2. The molecule has 0 spiro atoms. The van der Waals surface area contributed by atoms with Crippen molar-refractivity contribution < 1.29 is 23.1 Å². The molecule has 7 nitrogen and oxygen atoms in total. The molecule has 116 valence electrons. The van der Waals surface area contributed by atoms with Crippen molar-refractivity contribution >= 4 is 21.9 Å². The quantitative estimate of drug-likeness (QED) is 0.824. The molecule has 0 heterocycles. The molecule has 8 heteroatoms. The molecule has 0 unspecified atom stereocenters. The first kappa shape index (κ1) is 17.1. The Morgan fingerprint density at radius 3 is 2.05 bits per heavy atom. The van der Waals surface area contributed by atoms with E-state index in [4.69, 9.17) is 5.11 Å². The molecule has 1 amide bonds. The van der Waals surface area contributed by atoms with Crippen molar-refractivity contribution in [2.45, 2.75) is 11.8 Å². The monoisotopic (exact) mass is 314 g/mol. The van der Waals surface area contributed by atoms with Crippen LogP contribution in [0.2, 0.25) is 0 Å². The maximum absolute atomic E-state index is 12.1. The van der Waals surface area contributed by atoms with Gasteiger partial charge < -0.3 is 10.0 Å². The summed E-state index contributed by atoms with van der Waals surface area (Å²) < 4.78 is 24.9. The Morgan fingerprint density at radius 2 is 1.67 bits per heavy atom. The largest absolute Gasteiger partial charge is 0.480 e. The molecule has 0 aromatic heterocycles. The van der Waals surface area contributed by atoms with Crippen molar-refractivity contribution in [2.24, 2.45) is 0 Å². The highest BCUT2D eigenvalue weighted by Crippen LogP contribution is 2.15.